The number of carbonyl (C=O) groups excluding carboxylic acids is 1. The highest BCUT2D eigenvalue weighted by molar-refractivity contribution is 5.92. The minimum absolute atomic E-state index is 0.00135. The van der Waals surface area contributed by atoms with Crippen LogP contribution in [-0.4, -0.2) is 57.1 Å². The molecule has 1 aliphatic rings. The minimum atomic E-state index is -0.335. The SMILES string of the molecule is CN(CC#N)C(=O)c1cncc(-c2cn(CC3CCOCC3)c(C(C)(C)C)n2)n1. The molecular formula is C21H28N6O2. The van der Waals surface area contributed by atoms with Crippen LogP contribution >= 0.6 is 0 Å². The van der Waals surface area contributed by atoms with Crippen LogP contribution in [0.25, 0.3) is 11.4 Å². The molecule has 0 atom stereocenters. The fourth-order valence-corrected chi connectivity index (χ4v) is 3.45. The predicted molar refractivity (Wildman–Crippen MR) is 108 cm³/mol. The molecule has 0 aromatic carbocycles. The van der Waals surface area contributed by atoms with Crippen LogP contribution < -0.4 is 0 Å². The van der Waals surface area contributed by atoms with Crippen molar-refractivity contribution in [2.45, 2.75) is 45.6 Å². The van der Waals surface area contributed by atoms with Crippen LogP contribution in [0.2, 0.25) is 0 Å². The first-order chi connectivity index (χ1) is 13.8. The normalized spacial score (nSPS) is 15.1. The highest BCUT2D eigenvalue weighted by Crippen LogP contribution is 2.28. The number of hydrogen-bond donors (Lipinski definition) is 0. The van der Waals surface area contributed by atoms with E-state index in [9.17, 15) is 4.79 Å². The second-order valence-electron chi connectivity index (χ2n) is 8.52. The van der Waals surface area contributed by atoms with Crippen molar-refractivity contribution in [2.75, 3.05) is 26.8 Å². The van der Waals surface area contributed by atoms with Gasteiger partial charge in [0.05, 0.1) is 18.5 Å². The van der Waals surface area contributed by atoms with Crippen molar-refractivity contribution in [1.82, 2.24) is 24.4 Å². The molecule has 3 heterocycles. The van der Waals surface area contributed by atoms with Crippen molar-refractivity contribution in [2.24, 2.45) is 5.92 Å². The van der Waals surface area contributed by atoms with Crippen molar-refractivity contribution >= 4 is 5.91 Å². The monoisotopic (exact) mass is 396 g/mol. The van der Waals surface area contributed by atoms with E-state index in [1.165, 1.54) is 11.1 Å². The van der Waals surface area contributed by atoms with Crippen LogP contribution in [0.5, 0.6) is 0 Å². The van der Waals surface area contributed by atoms with E-state index in [0.29, 0.717) is 17.3 Å². The fraction of sp³-hybridized carbons (Fsp3) is 0.571. The summed E-state index contributed by atoms with van der Waals surface area (Å²) in [5.74, 6) is 1.21. The van der Waals surface area contributed by atoms with E-state index in [1.807, 2.05) is 12.3 Å². The van der Waals surface area contributed by atoms with E-state index >= 15 is 0 Å². The maximum absolute atomic E-state index is 12.4. The maximum atomic E-state index is 12.4. The molecule has 1 aliphatic heterocycles. The van der Waals surface area contributed by atoms with Gasteiger partial charge >= 0.3 is 0 Å². The van der Waals surface area contributed by atoms with Gasteiger partial charge in [0, 0.05) is 38.4 Å². The Morgan fingerprint density at radius 2 is 2.00 bits per heavy atom. The van der Waals surface area contributed by atoms with Crippen LogP contribution in [0.1, 0.15) is 49.9 Å². The van der Waals surface area contributed by atoms with Crippen molar-refractivity contribution in [1.29, 1.82) is 5.26 Å². The lowest BCUT2D eigenvalue weighted by atomic mass is 9.94. The van der Waals surface area contributed by atoms with E-state index < -0.39 is 0 Å². The number of carbonyl (C=O) groups is 1. The maximum Gasteiger partial charge on any atom is 0.274 e. The molecule has 0 spiro atoms. The molecule has 1 saturated heterocycles. The van der Waals surface area contributed by atoms with Crippen LogP contribution in [0.15, 0.2) is 18.6 Å². The summed E-state index contributed by atoms with van der Waals surface area (Å²) >= 11 is 0. The number of ether oxygens (including phenoxy) is 1. The van der Waals surface area contributed by atoms with Crippen LogP contribution in [0.4, 0.5) is 0 Å². The van der Waals surface area contributed by atoms with Gasteiger partial charge in [0.2, 0.25) is 0 Å². The summed E-state index contributed by atoms with van der Waals surface area (Å²) in [6.45, 7) is 8.93. The van der Waals surface area contributed by atoms with Gasteiger partial charge < -0.3 is 14.2 Å². The van der Waals surface area contributed by atoms with Gasteiger partial charge in [-0.3, -0.25) is 9.78 Å². The molecule has 29 heavy (non-hydrogen) atoms. The number of nitriles is 1. The number of nitrogens with zero attached hydrogens (tertiary/aromatic N) is 6. The Morgan fingerprint density at radius 3 is 2.66 bits per heavy atom. The number of aromatic nitrogens is 4. The summed E-state index contributed by atoms with van der Waals surface area (Å²) < 4.78 is 7.69. The molecule has 8 heteroatoms. The molecule has 0 saturated carbocycles. The van der Waals surface area contributed by atoms with E-state index in [4.69, 9.17) is 15.0 Å². The summed E-state index contributed by atoms with van der Waals surface area (Å²) in [5, 5.41) is 8.81. The predicted octanol–water partition coefficient (Wildman–Crippen LogP) is 2.66. The topological polar surface area (TPSA) is 96.9 Å². The zero-order chi connectivity index (χ0) is 21.0. The van der Waals surface area contributed by atoms with E-state index in [0.717, 1.165) is 38.4 Å². The molecule has 8 nitrogen and oxygen atoms in total. The lowest BCUT2D eigenvalue weighted by molar-refractivity contribution is 0.0607. The van der Waals surface area contributed by atoms with Gasteiger partial charge in [-0.2, -0.15) is 5.26 Å². The zero-order valence-corrected chi connectivity index (χ0v) is 17.6. The van der Waals surface area contributed by atoms with Gasteiger partial charge in [0.1, 0.15) is 29.5 Å². The van der Waals surface area contributed by atoms with Crippen LogP contribution in [0.3, 0.4) is 0 Å². The Bertz CT molecular complexity index is 903. The average molecular weight is 396 g/mol. The Kier molecular flexibility index (Phi) is 6.28. The van der Waals surface area contributed by atoms with Gasteiger partial charge in [-0.1, -0.05) is 20.8 Å². The van der Waals surface area contributed by atoms with Gasteiger partial charge in [0.15, 0.2) is 0 Å². The summed E-state index contributed by atoms with van der Waals surface area (Å²) in [6.07, 6.45) is 7.14. The van der Waals surface area contributed by atoms with E-state index in [2.05, 4.69) is 35.3 Å². The number of imidazole rings is 1. The molecule has 1 fully saturated rings. The molecule has 154 valence electrons. The standard InChI is InChI=1S/C21H28N6O2/c1-21(2,3)20-25-18(14-27(20)13-15-5-9-29-10-6-15)16-11-23-12-17(24-16)19(28)26(4)8-7-22/h11-12,14-15H,5-6,8-10,13H2,1-4H3. The minimum Gasteiger partial charge on any atom is -0.381 e. The van der Waals surface area contributed by atoms with Crippen molar-refractivity contribution in [3.8, 4) is 17.5 Å². The summed E-state index contributed by atoms with van der Waals surface area (Å²) in [7, 11) is 1.57. The molecule has 0 bridgehead atoms. The summed E-state index contributed by atoms with van der Waals surface area (Å²) in [6, 6.07) is 1.96. The molecule has 0 aliphatic carbocycles. The Labute approximate surface area is 171 Å². The Morgan fingerprint density at radius 1 is 1.28 bits per heavy atom. The van der Waals surface area contributed by atoms with Crippen molar-refractivity contribution in [3.05, 3.63) is 30.1 Å². The highest BCUT2D eigenvalue weighted by atomic mass is 16.5. The first kappa shape index (κ1) is 20.9. The van der Waals surface area contributed by atoms with Crippen LogP contribution in [-0.2, 0) is 16.7 Å². The number of rotatable bonds is 5. The molecule has 2 aromatic rings. The molecule has 0 radical (unpaired) electrons. The van der Waals surface area contributed by atoms with Gasteiger partial charge in [-0.15, -0.1) is 0 Å². The van der Waals surface area contributed by atoms with Gasteiger partial charge in [0.25, 0.3) is 5.91 Å². The van der Waals surface area contributed by atoms with E-state index in [1.54, 1.807) is 13.2 Å². The van der Waals surface area contributed by atoms with Crippen molar-refractivity contribution in [3.63, 3.8) is 0 Å². The summed E-state index contributed by atoms with van der Waals surface area (Å²) in [5.41, 5.74) is 1.33. The zero-order valence-electron chi connectivity index (χ0n) is 17.6. The highest BCUT2D eigenvalue weighted by Gasteiger charge is 2.25. The number of amides is 1. The van der Waals surface area contributed by atoms with Crippen LogP contribution in [0, 0.1) is 17.2 Å². The second kappa shape index (κ2) is 8.70. The molecule has 1 amide bonds. The van der Waals surface area contributed by atoms with Crippen molar-refractivity contribution < 1.29 is 9.53 Å². The third kappa shape index (κ3) is 4.98. The molecule has 3 rings (SSSR count). The fourth-order valence-electron chi connectivity index (χ4n) is 3.45. The first-order valence-electron chi connectivity index (χ1n) is 9.90. The average Bonchev–Trinajstić information content (AvgIpc) is 3.13. The molecule has 0 N–H and O–H groups in total. The Balaban J connectivity index is 1.91. The number of hydrogen-bond acceptors (Lipinski definition) is 6. The third-order valence-corrected chi connectivity index (χ3v) is 5.01. The smallest absolute Gasteiger partial charge is 0.274 e. The van der Waals surface area contributed by atoms with Gasteiger partial charge in [-0.05, 0) is 18.8 Å². The van der Waals surface area contributed by atoms with E-state index in [-0.39, 0.29) is 23.6 Å². The second-order valence-corrected chi connectivity index (χ2v) is 8.52. The Hall–Kier alpha value is -2.79. The quantitative estimate of drug-likeness (QED) is 0.721. The lowest BCUT2D eigenvalue weighted by Crippen LogP contribution is -2.28. The lowest BCUT2D eigenvalue weighted by Gasteiger charge is -2.25. The molecule has 0 unspecified atom stereocenters. The first-order valence-corrected chi connectivity index (χ1v) is 9.90. The molecule has 2 aromatic heterocycles. The summed E-state index contributed by atoms with van der Waals surface area (Å²) in [4.78, 5) is 27.3. The largest absolute Gasteiger partial charge is 0.381 e. The molecular weight excluding hydrogens is 368 g/mol. The van der Waals surface area contributed by atoms with Gasteiger partial charge in [-0.25, -0.2) is 9.97 Å². The third-order valence-electron chi connectivity index (χ3n) is 5.01.